The lowest BCUT2D eigenvalue weighted by atomic mass is 9.97. The number of carbonyl (C=O) groups excluding carboxylic acids is 1. The summed E-state index contributed by atoms with van der Waals surface area (Å²) in [6.07, 6.45) is 0.459. The van der Waals surface area contributed by atoms with Crippen LogP contribution in [0.25, 0.3) is 0 Å². The SMILES string of the molecule is CCOC(=O)OC1CNCCC1C. The molecule has 0 aromatic rings. The van der Waals surface area contributed by atoms with E-state index in [1.54, 1.807) is 6.92 Å². The maximum absolute atomic E-state index is 11.0. The number of ether oxygens (including phenoxy) is 2. The molecular formula is C9H17NO3. The number of rotatable bonds is 2. The number of piperidine rings is 1. The molecule has 1 rings (SSSR count). The van der Waals surface area contributed by atoms with Crippen molar-refractivity contribution in [2.24, 2.45) is 5.92 Å². The zero-order chi connectivity index (χ0) is 9.68. The van der Waals surface area contributed by atoms with Crippen LogP contribution in [0.1, 0.15) is 20.3 Å². The Labute approximate surface area is 78.6 Å². The normalized spacial score (nSPS) is 28.2. The first kappa shape index (κ1) is 10.3. The maximum atomic E-state index is 11.0. The highest BCUT2D eigenvalue weighted by Crippen LogP contribution is 2.15. The van der Waals surface area contributed by atoms with Gasteiger partial charge in [0.1, 0.15) is 6.10 Å². The zero-order valence-corrected chi connectivity index (χ0v) is 8.21. The number of hydrogen-bond donors (Lipinski definition) is 1. The molecule has 0 aromatic carbocycles. The molecule has 0 bridgehead atoms. The Morgan fingerprint density at radius 3 is 3.00 bits per heavy atom. The molecule has 4 nitrogen and oxygen atoms in total. The lowest BCUT2D eigenvalue weighted by molar-refractivity contribution is -0.000593. The summed E-state index contributed by atoms with van der Waals surface area (Å²) in [6, 6.07) is 0. The van der Waals surface area contributed by atoms with Crippen molar-refractivity contribution in [3.8, 4) is 0 Å². The molecule has 1 heterocycles. The van der Waals surface area contributed by atoms with Crippen LogP contribution in [0.2, 0.25) is 0 Å². The molecular weight excluding hydrogens is 170 g/mol. The van der Waals surface area contributed by atoms with E-state index in [9.17, 15) is 4.79 Å². The molecule has 1 N–H and O–H groups in total. The van der Waals surface area contributed by atoms with Crippen LogP contribution >= 0.6 is 0 Å². The Kier molecular flexibility index (Phi) is 4.02. The van der Waals surface area contributed by atoms with Crippen molar-refractivity contribution in [2.45, 2.75) is 26.4 Å². The highest BCUT2D eigenvalue weighted by atomic mass is 16.7. The van der Waals surface area contributed by atoms with Gasteiger partial charge >= 0.3 is 6.16 Å². The fraction of sp³-hybridized carbons (Fsp3) is 0.889. The fourth-order valence-electron chi connectivity index (χ4n) is 1.39. The summed E-state index contributed by atoms with van der Waals surface area (Å²) in [4.78, 5) is 11.0. The second-order valence-corrected chi connectivity index (χ2v) is 3.31. The zero-order valence-electron chi connectivity index (χ0n) is 8.21. The molecule has 0 aromatic heterocycles. The monoisotopic (exact) mass is 187 g/mol. The summed E-state index contributed by atoms with van der Waals surface area (Å²) in [7, 11) is 0. The molecule has 2 atom stereocenters. The molecule has 76 valence electrons. The number of carbonyl (C=O) groups is 1. The summed E-state index contributed by atoms with van der Waals surface area (Å²) < 4.78 is 9.82. The Bertz CT molecular complexity index is 172. The summed E-state index contributed by atoms with van der Waals surface area (Å²) in [5.74, 6) is 0.422. The van der Waals surface area contributed by atoms with Gasteiger partial charge in [0.2, 0.25) is 0 Å². The molecule has 0 radical (unpaired) electrons. The van der Waals surface area contributed by atoms with Gasteiger partial charge in [-0.15, -0.1) is 0 Å². The van der Waals surface area contributed by atoms with Crippen LogP contribution in [0.5, 0.6) is 0 Å². The van der Waals surface area contributed by atoms with E-state index < -0.39 is 6.16 Å². The van der Waals surface area contributed by atoms with Gasteiger partial charge in [-0.2, -0.15) is 0 Å². The van der Waals surface area contributed by atoms with Crippen molar-refractivity contribution >= 4 is 6.16 Å². The number of hydrogen-bond acceptors (Lipinski definition) is 4. The molecule has 4 heteroatoms. The molecule has 1 fully saturated rings. The fourth-order valence-corrected chi connectivity index (χ4v) is 1.39. The molecule has 1 saturated heterocycles. The van der Waals surface area contributed by atoms with Gasteiger partial charge in [-0.05, 0) is 25.8 Å². The lowest BCUT2D eigenvalue weighted by Gasteiger charge is -2.28. The minimum Gasteiger partial charge on any atom is -0.435 e. The van der Waals surface area contributed by atoms with Crippen molar-refractivity contribution in [1.82, 2.24) is 5.32 Å². The van der Waals surface area contributed by atoms with Crippen LogP contribution in [0.3, 0.4) is 0 Å². The molecule has 0 amide bonds. The summed E-state index contributed by atoms with van der Waals surface area (Å²) >= 11 is 0. The van der Waals surface area contributed by atoms with Crippen LogP contribution in [0.15, 0.2) is 0 Å². The van der Waals surface area contributed by atoms with Gasteiger partial charge in [-0.1, -0.05) is 6.92 Å². The smallest absolute Gasteiger partial charge is 0.435 e. The van der Waals surface area contributed by atoms with Crippen LogP contribution < -0.4 is 5.32 Å². The molecule has 0 spiro atoms. The Hall–Kier alpha value is -0.770. The van der Waals surface area contributed by atoms with E-state index in [1.165, 1.54) is 0 Å². The van der Waals surface area contributed by atoms with Crippen molar-refractivity contribution in [3.05, 3.63) is 0 Å². The Morgan fingerprint density at radius 2 is 2.38 bits per heavy atom. The standard InChI is InChI=1S/C9H17NO3/c1-3-12-9(11)13-8-6-10-5-4-7(8)2/h7-8,10H,3-6H2,1-2H3. The van der Waals surface area contributed by atoms with Gasteiger partial charge in [0, 0.05) is 6.54 Å². The average molecular weight is 187 g/mol. The van der Waals surface area contributed by atoms with E-state index in [0.717, 1.165) is 19.5 Å². The molecule has 0 aliphatic carbocycles. The van der Waals surface area contributed by atoms with Gasteiger partial charge in [-0.3, -0.25) is 0 Å². The largest absolute Gasteiger partial charge is 0.508 e. The maximum Gasteiger partial charge on any atom is 0.508 e. The lowest BCUT2D eigenvalue weighted by Crippen LogP contribution is -2.42. The molecule has 1 aliphatic heterocycles. The number of nitrogens with one attached hydrogen (secondary N) is 1. The minimum absolute atomic E-state index is 0.0344. The Balaban J connectivity index is 2.29. The minimum atomic E-state index is -0.553. The quantitative estimate of drug-likeness (QED) is 0.659. The van der Waals surface area contributed by atoms with Crippen LogP contribution in [0, 0.1) is 5.92 Å². The first-order valence-corrected chi connectivity index (χ1v) is 4.78. The molecule has 13 heavy (non-hydrogen) atoms. The van der Waals surface area contributed by atoms with E-state index >= 15 is 0 Å². The summed E-state index contributed by atoms with van der Waals surface area (Å²) in [5.41, 5.74) is 0. The third kappa shape index (κ3) is 3.22. The topological polar surface area (TPSA) is 47.6 Å². The third-order valence-electron chi connectivity index (χ3n) is 2.27. The van der Waals surface area contributed by atoms with Gasteiger partial charge in [0.15, 0.2) is 0 Å². The first-order chi connectivity index (χ1) is 6.24. The van der Waals surface area contributed by atoms with Crippen molar-refractivity contribution in [3.63, 3.8) is 0 Å². The van der Waals surface area contributed by atoms with E-state index in [0.29, 0.717) is 12.5 Å². The van der Waals surface area contributed by atoms with Crippen LogP contribution in [0.4, 0.5) is 4.79 Å². The second kappa shape index (κ2) is 5.07. The van der Waals surface area contributed by atoms with Gasteiger partial charge in [0.25, 0.3) is 0 Å². The average Bonchev–Trinajstić information content (AvgIpc) is 2.09. The van der Waals surface area contributed by atoms with Crippen LogP contribution in [-0.2, 0) is 9.47 Å². The predicted octanol–water partition coefficient (Wildman–Crippen LogP) is 1.16. The van der Waals surface area contributed by atoms with E-state index in [2.05, 4.69) is 12.2 Å². The first-order valence-electron chi connectivity index (χ1n) is 4.78. The van der Waals surface area contributed by atoms with E-state index in [4.69, 9.17) is 9.47 Å². The summed E-state index contributed by atoms with van der Waals surface area (Å²) in [6.45, 7) is 5.96. The van der Waals surface area contributed by atoms with E-state index in [1.807, 2.05) is 0 Å². The molecule has 0 saturated carbocycles. The van der Waals surface area contributed by atoms with E-state index in [-0.39, 0.29) is 6.10 Å². The Morgan fingerprint density at radius 1 is 1.62 bits per heavy atom. The third-order valence-corrected chi connectivity index (χ3v) is 2.27. The highest BCUT2D eigenvalue weighted by Gasteiger charge is 2.24. The van der Waals surface area contributed by atoms with Gasteiger partial charge in [-0.25, -0.2) is 4.79 Å². The predicted molar refractivity (Wildman–Crippen MR) is 48.5 cm³/mol. The van der Waals surface area contributed by atoms with Gasteiger partial charge < -0.3 is 14.8 Å². The van der Waals surface area contributed by atoms with Crippen molar-refractivity contribution in [2.75, 3.05) is 19.7 Å². The van der Waals surface area contributed by atoms with Gasteiger partial charge in [0.05, 0.1) is 6.61 Å². The highest BCUT2D eigenvalue weighted by molar-refractivity contribution is 5.60. The molecule has 2 unspecified atom stereocenters. The molecule has 1 aliphatic rings. The van der Waals surface area contributed by atoms with Crippen molar-refractivity contribution in [1.29, 1.82) is 0 Å². The van der Waals surface area contributed by atoms with Crippen molar-refractivity contribution < 1.29 is 14.3 Å². The summed E-state index contributed by atoms with van der Waals surface area (Å²) in [5, 5.41) is 3.18. The van der Waals surface area contributed by atoms with Crippen LogP contribution in [-0.4, -0.2) is 32.0 Å². The second-order valence-electron chi connectivity index (χ2n) is 3.31.